The van der Waals surface area contributed by atoms with Crippen molar-refractivity contribution in [3.05, 3.63) is 64.7 Å². The van der Waals surface area contributed by atoms with Gasteiger partial charge in [0.1, 0.15) is 6.04 Å². The van der Waals surface area contributed by atoms with Gasteiger partial charge in [-0.25, -0.2) is 0 Å². The van der Waals surface area contributed by atoms with Crippen molar-refractivity contribution >= 4 is 35.4 Å². The van der Waals surface area contributed by atoms with Crippen LogP contribution in [0.15, 0.2) is 47.4 Å². The van der Waals surface area contributed by atoms with Gasteiger partial charge in [0.25, 0.3) is 11.8 Å². The number of fused-ring (bicyclic) bond motifs is 1. The fourth-order valence-corrected chi connectivity index (χ4v) is 6.48. The normalized spacial score (nSPS) is 20.3. The Morgan fingerprint density at radius 3 is 2.41 bits per heavy atom. The molecule has 3 aliphatic rings. The number of nitrogens with one attached hydrogen (secondary N) is 2. The van der Waals surface area contributed by atoms with Crippen molar-refractivity contribution in [3.8, 4) is 0 Å². The van der Waals surface area contributed by atoms with Gasteiger partial charge >= 0.3 is 0 Å². The number of carbonyl (C=O) groups excluding carboxylic acids is 4. The van der Waals surface area contributed by atoms with Gasteiger partial charge in [0.05, 0.1) is 11.1 Å². The highest BCUT2D eigenvalue weighted by Gasteiger charge is 2.45. The number of hydrogen-bond acceptors (Lipinski definition) is 6. The number of thioether (sulfide) groups is 1. The van der Waals surface area contributed by atoms with Crippen molar-refractivity contribution in [3.63, 3.8) is 0 Å². The van der Waals surface area contributed by atoms with Crippen LogP contribution in [0.4, 0.5) is 0 Å². The van der Waals surface area contributed by atoms with E-state index in [-0.39, 0.29) is 18.7 Å². The molecule has 194 valence electrons. The number of benzene rings is 2. The van der Waals surface area contributed by atoms with E-state index in [1.807, 2.05) is 6.07 Å². The molecular formula is C29H33N3O4S. The zero-order valence-electron chi connectivity index (χ0n) is 21.0. The van der Waals surface area contributed by atoms with Crippen molar-refractivity contribution in [2.24, 2.45) is 0 Å². The minimum atomic E-state index is -0.941. The molecule has 37 heavy (non-hydrogen) atoms. The average molecular weight is 520 g/mol. The van der Waals surface area contributed by atoms with Gasteiger partial charge in [-0.3, -0.25) is 29.4 Å². The molecule has 0 spiro atoms. The quantitative estimate of drug-likeness (QED) is 0.292. The summed E-state index contributed by atoms with van der Waals surface area (Å²) in [4.78, 5) is 51.8. The predicted molar refractivity (Wildman–Crippen MR) is 142 cm³/mol. The maximum atomic E-state index is 13.2. The molecule has 4 amide bonds. The van der Waals surface area contributed by atoms with E-state index >= 15 is 0 Å². The minimum Gasteiger partial charge on any atom is -0.310 e. The molecule has 5 rings (SSSR count). The molecule has 2 aromatic carbocycles. The maximum absolute atomic E-state index is 13.2. The van der Waals surface area contributed by atoms with Crippen LogP contribution in [-0.2, 0) is 22.6 Å². The standard InChI is InChI=1S/C29H33N3O4S/c33-25-16-15-23(27(34)31-25)32-28(35)22-9-4-10-24(26(22)29(32)36)37-17-5-6-19-11-13-20(14-12-19)18-30-21-7-2-1-3-8-21/h4,9-14,21,23,30H,1-3,5-8,15-18H2,(H,31,33,34). The number of carbonyl (C=O) groups is 4. The number of aryl methyl sites for hydroxylation is 1. The van der Waals surface area contributed by atoms with Crippen LogP contribution in [0.5, 0.6) is 0 Å². The number of rotatable bonds is 9. The smallest absolute Gasteiger partial charge is 0.263 e. The molecule has 2 aromatic rings. The molecule has 1 saturated carbocycles. The van der Waals surface area contributed by atoms with Crippen LogP contribution in [0.2, 0.25) is 0 Å². The first-order valence-corrected chi connectivity index (χ1v) is 14.3. The summed E-state index contributed by atoms with van der Waals surface area (Å²) in [6.07, 6.45) is 8.77. The second-order valence-corrected chi connectivity index (χ2v) is 11.2. The number of nitrogens with zero attached hydrogens (tertiary/aromatic N) is 1. The van der Waals surface area contributed by atoms with Crippen molar-refractivity contribution in [2.75, 3.05) is 5.75 Å². The molecule has 2 fully saturated rings. The summed E-state index contributed by atoms with van der Waals surface area (Å²) in [7, 11) is 0. The first-order chi connectivity index (χ1) is 18.0. The Balaban J connectivity index is 1.13. The fraction of sp³-hybridized carbons (Fsp3) is 0.448. The highest BCUT2D eigenvalue weighted by Crippen LogP contribution is 2.34. The van der Waals surface area contributed by atoms with E-state index in [0.29, 0.717) is 17.2 Å². The summed E-state index contributed by atoms with van der Waals surface area (Å²) in [6.45, 7) is 0.919. The van der Waals surface area contributed by atoms with Crippen LogP contribution in [0.3, 0.4) is 0 Å². The molecule has 1 saturated heterocycles. The van der Waals surface area contributed by atoms with E-state index in [0.717, 1.165) is 34.9 Å². The van der Waals surface area contributed by atoms with Crippen LogP contribution in [-0.4, -0.2) is 46.4 Å². The van der Waals surface area contributed by atoms with Crippen molar-refractivity contribution < 1.29 is 19.2 Å². The van der Waals surface area contributed by atoms with E-state index in [9.17, 15) is 19.2 Å². The SMILES string of the molecule is O=C1CCC(N2C(=O)c3cccc(SCCCc4ccc(CNC5CCCCC5)cc4)c3C2=O)C(=O)N1. The fourth-order valence-electron chi connectivity index (χ4n) is 5.46. The highest BCUT2D eigenvalue weighted by atomic mass is 32.2. The van der Waals surface area contributed by atoms with Crippen molar-refractivity contribution in [1.29, 1.82) is 0 Å². The summed E-state index contributed by atoms with van der Waals surface area (Å²) >= 11 is 1.56. The molecule has 2 aliphatic heterocycles. The number of imide groups is 2. The molecule has 1 unspecified atom stereocenters. The molecule has 8 heteroatoms. The number of piperidine rings is 1. The number of hydrogen-bond donors (Lipinski definition) is 2. The molecule has 1 aliphatic carbocycles. The van der Waals surface area contributed by atoms with Crippen LogP contribution in [0.1, 0.15) is 83.2 Å². The third-order valence-corrected chi connectivity index (χ3v) is 8.66. The van der Waals surface area contributed by atoms with Crippen LogP contribution in [0.25, 0.3) is 0 Å². The third-order valence-electron chi connectivity index (χ3n) is 7.52. The summed E-state index contributed by atoms with van der Waals surface area (Å²) in [5.74, 6) is -1.07. The summed E-state index contributed by atoms with van der Waals surface area (Å²) in [6, 6.07) is 13.8. The van der Waals surface area contributed by atoms with Gasteiger partial charge in [-0.2, -0.15) is 0 Å². The Bertz CT molecular complexity index is 1190. The lowest BCUT2D eigenvalue weighted by molar-refractivity contribution is -0.136. The lowest BCUT2D eigenvalue weighted by Gasteiger charge is -2.27. The van der Waals surface area contributed by atoms with Crippen molar-refractivity contribution in [2.45, 2.75) is 81.3 Å². The Labute approximate surface area is 221 Å². The van der Waals surface area contributed by atoms with Crippen molar-refractivity contribution in [1.82, 2.24) is 15.5 Å². The second-order valence-electron chi connectivity index (χ2n) is 10.1. The lowest BCUT2D eigenvalue weighted by atomic mass is 9.95. The van der Waals surface area contributed by atoms with E-state index in [1.165, 1.54) is 43.2 Å². The first-order valence-electron chi connectivity index (χ1n) is 13.3. The second kappa shape index (κ2) is 11.6. The van der Waals surface area contributed by atoms with Gasteiger partial charge in [-0.05, 0) is 61.1 Å². The van der Waals surface area contributed by atoms with Crippen LogP contribution < -0.4 is 10.6 Å². The van der Waals surface area contributed by atoms with Crippen LogP contribution >= 0.6 is 11.8 Å². The van der Waals surface area contributed by atoms with Gasteiger partial charge in [0, 0.05) is 23.9 Å². The zero-order valence-corrected chi connectivity index (χ0v) is 21.8. The topological polar surface area (TPSA) is 95.6 Å². The molecule has 0 radical (unpaired) electrons. The molecule has 1 atom stereocenters. The third kappa shape index (κ3) is 5.80. The summed E-state index contributed by atoms with van der Waals surface area (Å²) < 4.78 is 0. The zero-order chi connectivity index (χ0) is 25.8. The first kappa shape index (κ1) is 25.7. The van der Waals surface area contributed by atoms with Gasteiger partial charge in [0.15, 0.2) is 0 Å². The molecule has 0 bridgehead atoms. The molecule has 0 aromatic heterocycles. The van der Waals surface area contributed by atoms with Gasteiger partial charge < -0.3 is 5.32 Å². The van der Waals surface area contributed by atoms with E-state index in [2.05, 4.69) is 34.9 Å². The van der Waals surface area contributed by atoms with Gasteiger partial charge in [-0.15, -0.1) is 11.8 Å². The molecule has 2 heterocycles. The van der Waals surface area contributed by atoms with E-state index in [1.54, 1.807) is 23.9 Å². The van der Waals surface area contributed by atoms with E-state index in [4.69, 9.17) is 0 Å². The monoisotopic (exact) mass is 519 g/mol. The molecular weight excluding hydrogens is 486 g/mol. The lowest BCUT2D eigenvalue weighted by Crippen LogP contribution is -2.54. The Morgan fingerprint density at radius 1 is 0.892 bits per heavy atom. The minimum absolute atomic E-state index is 0.115. The van der Waals surface area contributed by atoms with Gasteiger partial charge in [0.2, 0.25) is 11.8 Å². The number of amides is 4. The molecule has 7 nitrogen and oxygen atoms in total. The largest absolute Gasteiger partial charge is 0.310 e. The van der Waals surface area contributed by atoms with Crippen LogP contribution in [0, 0.1) is 0 Å². The maximum Gasteiger partial charge on any atom is 0.263 e. The van der Waals surface area contributed by atoms with Gasteiger partial charge in [-0.1, -0.05) is 49.6 Å². The Kier molecular flexibility index (Phi) is 8.05. The Hall–Kier alpha value is -2.97. The summed E-state index contributed by atoms with van der Waals surface area (Å²) in [5, 5.41) is 5.93. The Morgan fingerprint density at radius 2 is 1.65 bits per heavy atom. The summed E-state index contributed by atoms with van der Waals surface area (Å²) in [5.41, 5.74) is 3.30. The van der Waals surface area contributed by atoms with E-state index < -0.39 is 23.8 Å². The molecule has 2 N–H and O–H groups in total. The highest BCUT2D eigenvalue weighted by molar-refractivity contribution is 7.99. The average Bonchev–Trinajstić information content (AvgIpc) is 3.17. The predicted octanol–water partition coefficient (Wildman–Crippen LogP) is 4.24.